The summed E-state index contributed by atoms with van der Waals surface area (Å²) in [5, 5.41) is 11.5. The number of aliphatic carboxylic acids is 1. The molecule has 1 amide bonds. The van der Waals surface area contributed by atoms with Gasteiger partial charge in [-0.05, 0) is 40.4 Å². The molecular weight excluding hydrogens is 306 g/mol. The van der Waals surface area contributed by atoms with Gasteiger partial charge in [-0.1, -0.05) is 13.8 Å². The van der Waals surface area contributed by atoms with Gasteiger partial charge in [0.1, 0.15) is 6.04 Å². The quantitative estimate of drug-likeness (QED) is 0.896. The Labute approximate surface area is 112 Å². The zero-order valence-electron chi connectivity index (χ0n) is 9.78. The highest BCUT2D eigenvalue weighted by Gasteiger charge is 2.24. The molecule has 94 valence electrons. The van der Waals surface area contributed by atoms with Gasteiger partial charge in [-0.15, -0.1) is 11.3 Å². The first kappa shape index (κ1) is 14.2. The molecule has 4 nitrogen and oxygen atoms in total. The fourth-order valence-electron chi connectivity index (χ4n) is 1.30. The molecule has 1 aromatic heterocycles. The summed E-state index contributed by atoms with van der Waals surface area (Å²) in [6, 6.07) is 0.882. The van der Waals surface area contributed by atoms with Crippen molar-refractivity contribution in [2.45, 2.75) is 26.8 Å². The van der Waals surface area contributed by atoms with Crippen LogP contribution >= 0.6 is 27.3 Å². The van der Waals surface area contributed by atoms with Gasteiger partial charge in [0, 0.05) is 0 Å². The molecule has 0 saturated carbocycles. The molecular formula is C11H14BrNO3S. The van der Waals surface area contributed by atoms with Crippen LogP contribution in [0.15, 0.2) is 9.85 Å². The Morgan fingerprint density at radius 2 is 2.06 bits per heavy atom. The van der Waals surface area contributed by atoms with Crippen LogP contribution in [0.2, 0.25) is 0 Å². The molecule has 0 saturated heterocycles. The summed E-state index contributed by atoms with van der Waals surface area (Å²) in [5.74, 6) is -1.51. The highest BCUT2D eigenvalue weighted by Crippen LogP contribution is 2.27. The molecule has 0 fully saturated rings. The number of hydrogen-bond acceptors (Lipinski definition) is 3. The number of rotatable bonds is 4. The number of nitrogens with one attached hydrogen (secondary N) is 1. The zero-order chi connectivity index (χ0) is 13.2. The second kappa shape index (κ2) is 5.64. The molecule has 17 heavy (non-hydrogen) atoms. The van der Waals surface area contributed by atoms with E-state index in [4.69, 9.17) is 5.11 Å². The molecule has 6 heteroatoms. The Hall–Kier alpha value is -0.880. The molecule has 0 aliphatic heterocycles. The first-order valence-corrected chi connectivity index (χ1v) is 6.73. The second-order valence-electron chi connectivity index (χ2n) is 4.10. The summed E-state index contributed by atoms with van der Waals surface area (Å²) in [5.41, 5.74) is 0.969. The van der Waals surface area contributed by atoms with Crippen LogP contribution in [-0.4, -0.2) is 23.0 Å². The first-order chi connectivity index (χ1) is 7.82. The summed E-state index contributed by atoms with van der Waals surface area (Å²) < 4.78 is 0.888. The van der Waals surface area contributed by atoms with Crippen molar-refractivity contribution in [1.82, 2.24) is 5.32 Å². The van der Waals surface area contributed by atoms with E-state index in [9.17, 15) is 9.59 Å². The molecule has 0 aromatic carbocycles. The van der Waals surface area contributed by atoms with Gasteiger partial charge in [0.05, 0.1) is 8.66 Å². The van der Waals surface area contributed by atoms with Gasteiger partial charge >= 0.3 is 5.97 Å². The number of carbonyl (C=O) groups excluding carboxylic acids is 1. The second-order valence-corrected chi connectivity index (χ2v) is 6.47. The van der Waals surface area contributed by atoms with Gasteiger partial charge in [0.25, 0.3) is 5.91 Å². The molecule has 0 aliphatic carbocycles. The van der Waals surface area contributed by atoms with E-state index in [-0.39, 0.29) is 11.8 Å². The Bertz CT molecular complexity index is 422. The number of hydrogen-bond donors (Lipinski definition) is 2. The molecule has 0 radical (unpaired) electrons. The van der Waals surface area contributed by atoms with Crippen LogP contribution in [-0.2, 0) is 4.79 Å². The molecule has 2 N–H and O–H groups in total. The normalized spacial score (nSPS) is 12.5. The van der Waals surface area contributed by atoms with E-state index in [1.165, 1.54) is 11.3 Å². The first-order valence-electron chi connectivity index (χ1n) is 5.12. The third-order valence-electron chi connectivity index (χ3n) is 2.30. The fourth-order valence-corrected chi connectivity index (χ4v) is 2.74. The lowest BCUT2D eigenvalue weighted by molar-refractivity contribution is -0.140. The van der Waals surface area contributed by atoms with Crippen molar-refractivity contribution in [3.63, 3.8) is 0 Å². The maximum Gasteiger partial charge on any atom is 0.326 e. The third kappa shape index (κ3) is 3.54. The number of carboxylic acids is 1. The van der Waals surface area contributed by atoms with Crippen molar-refractivity contribution < 1.29 is 14.7 Å². The van der Waals surface area contributed by atoms with E-state index in [2.05, 4.69) is 21.2 Å². The zero-order valence-corrected chi connectivity index (χ0v) is 12.2. The van der Waals surface area contributed by atoms with Gasteiger partial charge in [0.2, 0.25) is 0 Å². The molecule has 0 unspecified atom stereocenters. The Morgan fingerprint density at radius 3 is 2.41 bits per heavy atom. The minimum atomic E-state index is -1.01. The molecule has 1 aromatic rings. The average molecular weight is 320 g/mol. The van der Waals surface area contributed by atoms with Crippen molar-refractivity contribution in [1.29, 1.82) is 0 Å². The SMILES string of the molecule is Cc1cc(C(=O)N[C@@H](C(=O)O)C(C)C)sc1Br. The van der Waals surface area contributed by atoms with Gasteiger partial charge in [-0.25, -0.2) is 4.79 Å². The Morgan fingerprint density at radius 1 is 1.47 bits per heavy atom. The monoisotopic (exact) mass is 319 g/mol. The lowest BCUT2D eigenvalue weighted by Gasteiger charge is -2.17. The maximum atomic E-state index is 11.8. The lowest BCUT2D eigenvalue weighted by Crippen LogP contribution is -2.44. The van der Waals surface area contributed by atoms with Gasteiger partial charge in [0.15, 0.2) is 0 Å². The largest absolute Gasteiger partial charge is 0.480 e. The van der Waals surface area contributed by atoms with Crippen molar-refractivity contribution in [2.24, 2.45) is 5.92 Å². The molecule has 1 rings (SSSR count). The van der Waals surface area contributed by atoms with Crippen molar-refractivity contribution in [3.05, 3.63) is 20.3 Å². The van der Waals surface area contributed by atoms with Crippen molar-refractivity contribution in [3.8, 4) is 0 Å². The van der Waals surface area contributed by atoms with E-state index in [0.717, 1.165) is 9.35 Å². The highest BCUT2D eigenvalue weighted by atomic mass is 79.9. The standard InChI is InChI=1S/C11H14BrNO3S/c1-5(2)8(11(15)16)13-10(14)7-4-6(3)9(12)17-7/h4-5,8H,1-3H3,(H,13,14)(H,15,16)/t8-/m1/s1. The predicted octanol–water partition coefficient (Wildman–Crippen LogP) is 2.66. The molecule has 1 atom stereocenters. The summed E-state index contributed by atoms with van der Waals surface area (Å²) in [7, 11) is 0. The van der Waals surface area contributed by atoms with Crippen molar-refractivity contribution in [2.75, 3.05) is 0 Å². The van der Waals surface area contributed by atoms with Crippen LogP contribution in [0.3, 0.4) is 0 Å². The van der Waals surface area contributed by atoms with Gasteiger partial charge in [-0.2, -0.15) is 0 Å². The van der Waals surface area contributed by atoms with Crippen LogP contribution in [0.1, 0.15) is 29.1 Å². The minimum absolute atomic E-state index is 0.152. The number of carboxylic acid groups (broad SMARTS) is 1. The van der Waals surface area contributed by atoms with E-state index >= 15 is 0 Å². The molecule has 1 heterocycles. The van der Waals surface area contributed by atoms with E-state index in [1.807, 2.05) is 6.92 Å². The summed E-state index contributed by atoms with van der Waals surface area (Å²) >= 11 is 4.63. The number of thiophene rings is 1. The van der Waals surface area contributed by atoms with Crippen LogP contribution in [0.25, 0.3) is 0 Å². The van der Waals surface area contributed by atoms with Crippen molar-refractivity contribution >= 4 is 39.1 Å². The highest BCUT2D eigenvalue weighted by molar-refractivity contribution is 9.11. The van der Waals surface area contributed by atoms with Gasteiger partial charge < -0.3 is 10.4 Å². The Balaban J connectivity index is 2.81. The lowest BCUT2D eigenvalue weighted by atomic mass is 10.0. The van der Waals surface area contributed by atoms with Gasteiger partial charge in [-0.3, -0.25) is 4.79 Å². The topological polar surface area (TPSA) is 66.4 Å². The summed E-state index contributed by atoms with van der Waals surface area (Å²) in [6.07, 6.45) is 0. The van der Waals surface area contributed by atoms with Crippen LogP contribution in [0, 0.1) is 12.8 Å². The number of carbonyl (C=O) groups is 2. The summed E-state index contributed by atoms with van der Waals surface area (Å²) in [4.78, 5) is 23.3. The molecule has 0 bridgehead atoms. The number of amides is 1. The molecule has 0 aliphatic rings. The predicted molar refractivity (Wildman–Crippen MR) is 70.5 cm³/mol. The molecule has 0 spiro atoms. The number of halogens is 1. The number of aryl methyl sites for hydroxylation is 1. The van der Waals surface area contributed by atoms with Crippen LogP contribution in [0.5, 0.6) is 0 Å². The third-order valence-corrected chi connectivity index (χ3v) is 4.44. The Kier molecular flexibility index (Phi) is 4.70. The smallest absolute Gasteiger partial charge is 0.326 e. The summed E-state index contributed by atoms with van der Waals surface area (Å²) in [6.45, 7) is 5.40. The van der Waals surface area contributed by atoms with Crippen LogP contribution in [0.4, 0.5) is 0 Å². The van der Waals surface area contributed by atoms with Crippen LogP contribution < -0.4 is 5.32 Å². The maximum absolute atomic E-state index is 11.8. The van der Waals surface area contributed by atoms with E-state index in [1.54, 1.807) is 19.9 Å². The van der Waals surface area contributed by atoms with E-state index in [0.29, 0.717) is 4.88 Å². The fraction of sp³-hybridized carbons (Fsp3) is 0.455. The average Bonchev–Trinajstić information content (AvgIpc) is 2.54. The minimum Gasteiger partial charge on any atom is -0.480 e. The van der Waals surface area contributed by atoms with E-state index < -0.39 is 12.0 Å².